The molecule has 1 saturated heterocycles. The molecule has 1 fully saturated rings. The van der Waals surface area contributed by atoms with Crippen LogP contribution in [-0.2, 0) is 27.5 Å². The van der Waals surface area contributed by atoms with E-state index in [1.54, 1.807) is 6.07 Å². The quantitative estimate of drug-likeness (QED) is 0.560. The molecule has 1 atom stereocenters. The van der Waals surface area contributed by atoms with Gasteiger partial charge in [0.05, 0.1) is 11.5 Å². The zero-order valence-electron chi connectivity index (χ0n) is 17.3. The molecule has 1 unspecified atom stereocenters. The summed E-state index contributed by atoms with van der Waals surface area (Å²) in [7, 11) is -3.96. The number of piperidine rings is 1. The number of amides is 1. The van der Waals surface area contributed by atoms with E-state index in [4.69, 9.17) is 4.42 Å². The molecule has 1 amide bonds. The van der Waals surface area contributed by atoms with Crippen molar-refractivity contribution < 1.29 is 30.8 Å². The number of halogens is 3. The first kappa shape index (κ1) is 23.1. The maximum atomic E-state index is 13.0. The van der Waals surface area contributed by atoms with Crippen molar-refractivity contribution in [2.45, 2.75) is 30.7 Å². The number of benzene rings is 1. The fraction of sp³-hybridized carbons (Fsp3) is 0.333. The number of carbonyl (C=O) groups is 1. The molecule has 3 aromatic rings. The Balaban J connectivity index is 1.40. The number of rotatable bonds is 6. The summed E-state index contributed by atoms with van der Waals surface area (Å²) in [5, 5.41) is 8.87. The molecule has 2 N–H and O–H groups in total. The minimum absolute atomic E-state index is 0.0448. The number of hydrogen-bond donors (Lipinski definition) is 2. The molecule has 33 heavy (non-hydrogen) atoms. The highest BCUT2D eigenvalue weighted by molar-refractivity contribution is 7.89. The van der Waals surface area contributed by atoms with Crippen molar-refractivity contribution in [1.82, 2.24) is 19.8 Å². The lowest BCUT2D eigenvalue weighted by Crippen LogP contribution is -2.45. The molecule has 0 aliphatic carbocycles. The van der Waals surface area contributed by atoms with Gasteiger partial charge in [0, 0.05) is 25.8 Å². The summed E-state index contributed by atoms with van der Waals surface area (Å²) in [6, 6.07) is 9.21. The topological polar surface area (TPSA) is 108 Å². The van der Waals surface area contributed by atoms with E-state index in [-0.39, 0.29) is 24.7 Å². The van der Waals surface area contributed by atoms with Crippen molar-refractivity contribution in [3.8, 4) is 11.5 Å². The van der Waals surface area contributed by atoms with Crippen LogP contribution in [0.5, 0.6) is 0 Å². The van der Waals surface area contributed by atoms with Crippen LogP contribution in [0, 0.1) is 5.92 Å². The summed E-state index contributed by atoms with van der Waals surface area (Å²) in [6.07, 6.45) is -2.02. The highest BCUT2D eigenvalue weighted by atomic mass is 32.2. The van der Waals surface area contributed by atoms with Gasteiger partial charge in [0.15, 0.2) is 5.76 Å². The van der Waals surface area contributed by atoms with Crippen LogP contribution in [0.15, 0.2) is 58.2 Å². The lowest BCUT2D eigenvalue weighted by atomic mass is 9.98. The number of sulfonamides is 1. The molecule has 1 aromatic carbocycles. The van der Waals surface area contributed by atoms with Crippen LogP contribution in [0.1, 0.15) is 24.0 Å². The van der Waals surface area contributed by atoms with Gasteiger partial charge >= 0.3 is 6.18 Å². The van der Waals surface area contributed by atoms with Crippen LogP contribution in [0.2, 0.25) is 0 Å². The summed E-state index contributed by atoms with van der Waals surface area (Å²) >= 11 is 0. The van der Waals surface area contributed by atoms with Crippen LogP contribution in [0.4, 0.5) is 13.2 Å². The van der Waals surface area contributed by atoms with Gasteiger partial charge in [0.1, 0.15) is 5.69 Å². The Hall–Kier alpha value is -3.12. The summed E-state index contributed by atoms with van der Waals surface area (Å²) in [4.78, 5) is 12.6. The minimum atomic E-state index is -4.47. The van der Waals surface area contributed by atoms with Crippen molar-refractivity contribution in [2.24, 2.45) is 5.92 Å². The number of carbonyl (C=O) groups excluding carboxylic acids is 1. The van der Waals surface area contributed by atoms with Gasteiger partial charge in [-0.3, -0.25) is 9.89 Å². The van der Waals surface area contributed by atoms with Gasteiger partial charge in [-0.2, -0.15) is 22.6 Å². The Labute approximate surface area is 187 Å². The average molecular weight is 482 g/mol. The van der Waals surface area contributed by atoms with E-state index in [9.17, 15) is 26.4 Å². The molecule has 0 bridgehead atoms. The second-order valence-corrected chi connectivity index (χ2v) is 9.58. The third-order valence-corrected chi connectivity index (χ3v) is 7.16. The fourth-order valence-electron chi connectivity index (χ4n) is 3.69. The molecule has 4 rings (SSSR count). The third-order valence-electron chi connectivity index (χ3n) is 5.42. The van der Waals surface area contributed by atoms with E-state index in [2.05, 4.69) is 15.5 Å². The van der Waals surface area contributed by atoms with Gasteiger partial charge in [-0.05, 0) is 48.7 Å². The van der Waals surface area contributed by atoms with E-state index in [0.29, 0.717) is 29.9 Å². The summed E-state index contributed by atoms with van der Waals surface area (Å²) < 4.78 is 71.3. The van der Waals surface area contributed by atoms with Crippen molar-refractivity contribution in [3.63, 3.8) is 0 Å². The summed E-state index contributed by atoms with van der Waals surface area (Å²) in [5.41, 5.74) is 0.0412. The first-order valence-electron chi connectivity index (χ1n) is 10.2. The Kier molecular flexibility index (Phi) is 6.30. The lowest BCUT2D eigenvalue weighted by Gasteiger charge is -2.30. The van der Waals surface area contributed by atoms with Gasteiger partial charge in [-0.15, -0.1) is 0 Å². The SMILES string of the molecule is O=C(NCc1cccc(C(F)(F)F)c1)C1CCCN(S(=O)(=O)c2ccc(-c3ccn[nH]3)o2)C1. The van der Waals surface area contributed by atoms with Gasteiger partial charge in [0.2, 0.25) is 11.0 Å². The van der Waals surface area contributed by atoms with Crippen LogP contribution >= 0.6 is 0 Å². The summed E-state index contributed by atoms with van der Waals surface area (Å²) in [5.74, 6) is -0.718. The number of H-pyrrole nitrogens is 1. The molecular formula is C21H21F3N4O4S. The number of nitrogens with zero attached hydrogens (tertiary/aromatic N) is 2. The molecule has 3 heterocycles. The molecule has 8 nitrogen and oxygen atoms in total. The number of hydrogen-bond acceptors (Lipinski definition) is 5. The molecule has 176 valence electrons. The predicted octanol–water partition coefficient (Wildman–Crippen LogP) is 3.41. The molecule has 12 heteroatoms. The molecule has 0 radical (unpaired) electrons. The maximum absolute atomic E-state index is 13.0. The smallest absolute Gasteiger partial charge is 0.416 e. The van der Waals surface area contributed by atoms with E-state index in [1.807, 2.05) is 0 Å². The largest absolute Gasteiger partial charge is 0.442 e. The fourth-order valence-corrected chi connectivity index (χ4v) is 5.12. The van der Waals surface area contributed by atoms with Crippen LogP contribution in [0.25, 0.3) is 11.5 Å². The number of aromatic amines is 1. The lowest BCUT2D eigenvalue weighted by molar-refractivity contribution is -0.137. The Morgan fingerprint density at radius 1 is 1.24 bits per heavy atom. The van der Waals surface area contributed by atoms with Crippen LogP contribution in [0.3, 0.4) is 0 Å². The first-order chi connectivity index (χ1) is 15.6. The van der Waals surface area contributed by atoms with Gasteiger partial charge in [0.25, 0.3) is 10.0 Å². The molecule has 1 aliphatic rings. The standard InChI is InChI=1S/C21H21F3N4O4S/c22-21(23,24)16-5-1-3-14(11-16)12-25-20(29)15-4-2-10-28(13-15)33(30,31)19-7-6-18(32-19)17-8-9-26-27-17/h1,3,5-9,11,15H,2,4,10,12-13H2,(H,25,29)(H,26,27). The molecular weight excluding hydrogens is 461 g/mol. The second-order valence-electron chi connectivity index (χ2n) is 7.71. The number of aromatic nitrogens is 2. The molecule has 0 spiro atoms. The third kappa shape index (κ3) is 5.11. The minimum Gasteiger partial charge on any atom is -0.442 e. The van der Waals surface area contributed by atoms with Crippen molar-refractivity contribution in [3.05, 3.63) is 59.8 Å². The normalized spacial score (nSPS) is 17.7. The zero-order valence-corrected chi connectivity index (χ0v) is 18.1. The maximum Gasteiger partial charge on any atom is 0.416 e. The average Bonchev–Trinajstić information content (AvgIpc) is 3.49. The van der Waals surface area contributed by atoms with Crippen LogP contribution in [-0.4, -0.2) is 41.9 Å². The first-order valence-corrected chi connectivity index (χ1v) is 11.6. The number of furan rings is 1. The van der Waals surface area contributed by atoms with E-state index in [1.165, 1.54) is 34.8 Å². The highest BCUT2D eigenvalue weighted by Gasteiger charge is 2.35. The molecule has 0 saturated carbocycles. The van der Waals surface area contributed by atoms with E-state index in [0.717, 1.165) is 12.1 Å². The van der Waals surface area contributed by atoms with Crippen LogP contribution < -0.4 is 5.32 Å². The Morgan fingerprint density at radius 2 is 2.06 bits per heavy atom. The van der Waals surface area contributed by atoms with E-state index < -0.39 is 33.6 Å². The van der Waals surface area contributed by atoms with Gasteiger partial charge in [-0.25, -0.2) is 8.42 Å². The van der Waals surface area contributed by atoms with Crippen molar-refractivity contribution in [2.75, 3.05) is 13.1 Å². The zero-order chi connectivity index (χ0) is 23.6. The van der Waals surface area contributed by atoms with Crippen molar-refractivity contribution >= 4 is 15.9 Å². The number of alkyl halides is 3. The highest BCUT2D eigenvalue weighted by Crippen LogP contribution is 2.30. The Morgan fingerprint density at radius 3 is 2.79 bits per heavy atom. The predicted molar refractivity (Wildman–Crippen MR) is 111 cm³/mol. The van der Waals surface area contributed by atoms with Gasteiger partial charge < -0.3 is 9.73 Å². The van der Waals surface area contributed by atoms with Gasteiger partial charge in [-0.1, -0.05) is 12.1 Å². The number of nitrogens with one attached hydrogen (secondary N) is 2. The summed E-state index contributed by atoms with van der Waals surface area (Å²) in [6.45, 7) is 0.106. The molecule has 2 aromatic heterocycles. The van der Waals surface area contributed by atoms with Crippen molar-refractivity contribution in [1.29, 1.82) is 0 Å². The Bertz CT molecular complexity index is 1220. The van der Waals surface area contributed by atoms with E-state index >= 15 is 0 Å². The molecule has 1 aliphatic heterocycles. The second kappa shape index (κ2) is 9.02. The monoisotopic (exact) mass is 482 g/mol.